The van der Waals surface area contributed by atoms with Gasteiger partial charge in [0, 0.05) is 23.3 Å². The fraction of sp³-hybridized carbons (Fsp3) is 0.200. The molecule has 0 fully saturated rings. The van der Waals surface area contributed by atoms with Gasteiger partial charge in [0.05, 0.1) is 12.8 Å². The SMILES string of the molecule is COc1cc(Cl)c(C)cc1NCc1ccc(N)cc1. The van der Waals surface area contributed by atoms with E-state index in [2.05, 4.69) is 5.32 Å². The fourth-order valence-corrected chi connectivity index (χ4v) is 1.96. The van der Waals surface area contributed by atoms with Crippen molar-refractivity contribution in [3.63, 3.8) is 0 Å². The Hall–Kier alpha value is -1.87. The van der Waals surface area contributed by atoms with Gasteiger partial charge < -0.3 is 15.8 Å². The predicted octanol–water partition coefficient (Wildman–Crippen LogP) is 3.85. The van der Waals surface area contributed by atoms with Crippen molar-refractivity contribution in [2.24, 2.45) is 0 Å². The Morgan fingerprint density at radius 2 is 1.89 bits per heavy atom. The van der Waals surface area contributed by atoms with Crippen molar-refractivity contribution in [3.05, 3.63) is 52.5 Å². The molecule has 2 rings (SSSR count). The van der Waals surface area contributed by atoms with Gasteiger partial charge >= 0.3 is 0 Å². The summed E-state index contributed by atoms with van der Waals surface area (Å²) in [6.45, 7) is 2.67. The molecule has 0 spiro atoms. The molecule has 0 aromatic heterocycles. The monoisotopic (exact) mass is 276 g/mol. The summed E-state index contributed by atoms with van der Waals surface area (Å²) in [5, 5.41) is 4.05. The van der Waals surface area contributed by atoms with Crippen molar-refractivity contribution in [3.8, 4) is 5.75 Å². The number of ether oxygens (including phenoxy) is 1. The molecular weight excluding hydrogens is 260 g/mol. The van der Waals surface area contributed by atoms with E-state index >= 15 is 0 Å². The minimum absolute atomic E-state index is 0.704. The van der Waals surface area contributed by atoms with Crippen molar-refractivity contribution < 1.29 is 4.74 Å². The van der Waals surface area contributed by atoms with E-state index in [0.717, 1.165) is 28.3 Å². The average Bonchev–Trinajstić information content (AvgIpc) is 2.41. The Bertz CT molecular complexity index is 567. The Morgan fingerprint density at radius 1 is 1.21 bits per heavy atom. The molecule has 0 saturated heterocycles. The zero-order chi connectivity index (χ0) is 13.8. The van der Waals surface area contributed by atoms with Crippen LogP contribution in [0.3, 0.4) is 0 Å². The first-order chi connectivity index (χ1) is 9.10. The average molecular weight is 277 g/mol. The van der Waals surface area contributed by atoms with Crippen LogP contribution >= 0.6 is 11.6 Å². The number of nitrogens with two attached hydrogens (primary N) is 1. The van der Waals surface area contributed by atoms with Crippen molar-refractivity contribution in [2.75, 3.05) is 18.2 Å². The molecule has 0 unspecified atom stereocenters. The van der Waals surface area contributed by atoms with Crippen LogP contribution in [0, 0.1) is 6.92 Å². The number of anilines is 2. The molecule has 4 heteroatoms. The molecule has 0 bridgehead atoms. The number of hydrogen-bond donors (Lipinski definition) is 2. The first-order valence-electron chi connectivity index (χ1n) is 6.02. The number of hydrogen-bond acceptors (Lipinski definition) is 3. The minimum Gasteiger partial charge on any atom is -0.495 e. The van der Waals surface area contributed by atoms with Gasteiger partial charge in [0.15, 0.2) is 0 Å². The second kappa shape index (κ2) is 5.85. The largest absolute Gasteiger partial charge is 0.495 e. The van der Waals surface area contributed by atoms with Crippen molar-refractivity contribution in [2.45, 2.75) is 13.5 Å². The van der Waals surface area contributed by atoms with Crippen molar-refractivity contribution in [1.82, 2.24) is 0 Å². The van der Waals surface area contributed by atoms with Gasteiger partial charge in [-0.1, -0.05) is 23.7 Å². The van der Waals surface area contributed by atoms with Crippen LogP contribution in [0.25, 0.3) is 0 Å². The molecule has 0 heterocycles. The van der Waals surface area contributed by atoms with E-state index in [1.807, 2.05) is 43.3 Å². The number of halogens is 1. The van der Waals surface area contributed by atoms with Gasteiger partial charge in [0.25, 0.3) is 0 Å². The maximum atomic E-state index is 6.08. The topological polar surface area (TPSA) is 47.3 Å². The van der Waals surface area contributed by atoms with Crippen LogP contribution in [-0.4, -0.2) is 7.11 Å². The zero-order valence-electron chi connectivity index (χ0n) is 11.0. The molecule has 100 valence electrons. The molecule has 0 radical (unpaired) electrons. The molecular formula is C15H17ClN2O. The molecule has 0 saturated carbocycles. The van der Waals surface area contributed by atoms with Crippen LogP contribution in [0.2, 0.25) is 5.02 Å². The first kappa shape index (κ1) is 13.6. The zero-order valence-corrected chi connectivity index (χ0v) is 11.8. The molecule has 0 aliphatic carbocycles. The first-order valence-corrected chi connectivity index (χ1v) is 6.40. The summed E-state index contributed by atoms with van der Waals surface area (Å²) < 4.78 is 5.32. The van der Waals surface area contributed by atoms with E-state index in [4.69, 9.17) is 22.1 Å². The number of aryl methyl sites for hydroxylation is 1. The highest BCUT2D eigenvalue weighted by molar-refractivity contribution is 6.31. The Balaban J connectivity index is 2.14. The van der Waals surface area contributed by atoms with E-state index in [1.54, 1.807) is 7.11 Å². The maximum absolute atomic E-state index is 6.08. The second-order valence-corrected chi connectivity index (χ2v) is 4.80. The summed E-state index contributed by atoms with van der Waals surface area (Å²) in [7, 11) is 1.63. The van der Waals surface area contributed by atoms with Gasteiger partial charge in [-0.15, -0.1) is 0 Å². The lowest BCUT2D eigenvalue weighted by Crippen LogP contribution is -2.02. The molecule has 0 aliphatic heterocycles. The van der Waals surface area contributed by atoms with Crippen LogP contribution in [-0.2, 0) is 6.54 Å². The van der Waals surface area contributed by atoms with E-state index in [-0.39, 0.29) is 0 Å². The van der Waals surface area contributed by atoms with E-state index < -0.39 is 0 Å². The summed E-state index contributed by atoms with van der Waals surface area (Å²) in [5.74, 6) is 0.742. The smallest absolute Gasteiger partial charge is 0.143 e. The number of benzene rings is 2. The van der Waals surface area contributed by atoms with Crippen LogP contribution in [0.15, 0.2) is 36.4 Å². The van der Waals surface area contributed by atoms with Gasteiger partial charge in [0.2, 0.25) is 0 Å². The van der Waals surface area contributed by atoms with Gasteiger partial charge in [0.1, 0.15) is 5.75 Å². The summed E-state index contributed by atoms with van der Waals surface area (Å²) in [4.78, 5) is 0. The van der Waals surface area contributed by atoms with E-state index in [1.165, 1.54) is 0 Å². The Kier molecular flexibility index (Phi) is 4.17. The van der Waals surface area contributed by atoms with Crippen LogP contribution in [0.5, 0.6) is 5.75 Å². The van der Waals surface area contributed by atoms with Crippen LogP contribution in [0.4, 0.5) is 11.4 Å². The standard InChI is InChI=1S/C15H17ClN2O/c1-10-7-14(15(19-2)8-13(10)16)18-9-11-3-5-12(17)6-4-11/h3-8,18H,9,17H2,1-2H3. The lowest BCUT2D eigenvalue weighted by atomic mass is 10.1. The summed E-state index contributed by atoms with van der Waals surface area (Å²) in [6.07, 6.45) is 0. The van der Waals surface area contributed by atoms with Gasteiger partial charge in [-0.3, -0.25) is 0 Å². The highest BCUT2D eigenvalue weighted by Gasteiger charge is 2.06. The predicted molar refractivity (Wildman–Crippen MR) is 80.9 cm³/mol. The van der Waals surface area contributed by atoms with Crippen LogP contribution in [0.1, 0.15) is 11.1 Å². The third kappa shape index (κ3) is 3.32. The van der Waals surface area contributed by atoms with Gasteiger partial charge in [-0.05, 0) is 36.2 Å². The number of nitrogens with one attached hydrogen (secondary N) is 1. The molecule has 0 atom stereocenters. The minimum atomic E-state index is 0.704. The third-order valence-electron chi connectivity index (χ3n) is 2.94. The Morgan fingerprint density at radius 3 is 2.53 bits per heavy atom. The highest BCUT2D eigenvalue weighted by atomic mass is 35.5. The third-order valence-corrected chi connectivity index (χ3v) is 3.35. The normalized spacial score (nSPS) is 10.3. The fourth-order valence-electron chi connectivity index (χ4n) is 1.80. The second-order valence-electron chi connectivity index (χ2n) is 4.40. The maximum Gasteiger partial charge on any atom is 0.143 e. The molecule has 2 aromatic rings. The lowest BCUT2D eigenvalue weighted by molar-refractivity contribution is 0.416. The summed E-state index contributed by atoms with van der Waals surface area (Å²) >= 11 is 6.08. The summed E-state index contributed by atoms with van der Waals surface area (Å²) in [5.41, 5.74) is 9.53. The molecule has 2 aromatic carbocycles. The lowest BCUT2D eigenvalue weighted by Gasteiger charge is -2.13. The number of methoxy groups -OCH3 is 1. The van der Waals surface area contributed by atoms with Crippen molar-refractivity contribution in [1.29, 1.82) is 0 Å². The molecule has 3 nitrogen and oxygen atoms in total. The summed E-state index contributed by atoms with van der Waals surface area (Å²) in [6, 6.07) is 11.6. The molecule has 0 amide bonds. The Labute approximate surface area is 118 Å². The van der Waals surface area contributed by atoms with E-state index in [0.29, 0.717) is 11.6 Å². The highest BCUT2D eigenvalue weighted by Crippen LogP contribution is 2.31. The molecule has 19 heavy (non-hydrogen) atoms. The quantitative estimate of drug-likeness (QED) is 0.834. The molecule has 0 aliphatic rings. The van der Waals surface area contributed by atoms with E-state index in [9.17, 15) is 0 Å². The van der Waals surface area contributed by atoms with Gasteiger partial charge in [-0.25, -0.2) is 0 Å². The molecule has 3 N–H and O–H groups in total. The number of rotatable bonds is 4. The van der Waals surface area contributed by atoms with Gasteiger partial charge in [-0.2, -0.15) is 0 Å². The van der Waals surface area contributed by atoms with Crippen molar-refractivity contribution >= 4 is 23.0 Å². The van der Waals surface area contributed by atoms with Crippen LogP contribution < -0.4 is 15.8 Å². The number of nitrogen functional groups attached to an aromatic ring is 1.